The summed E-state index contributed by atoms with van der Waals surface area (Å²) >= 11 is 5.72. The Hall–Kier alpha value is 0.0500. The fourth-order valence-corrected chi connectivity index (χ4v) is 3.09. The van der Waals surface area contributed by atoms with Gasteiger partial charge in [-0.05, 0) is 27.7 Å². The number of rotatable bonds is 3. The van der Waals surface area contributed by atoms with E-state index in [2.05, 4.69) is 0 Å². The highest BCUT2D eigenvalue weighted by Crippen LogP contribution is 2.41. The van der Waals surface area contributed by atoms with Crippen molar-refractivity contribution in [2.75, 3.05) is 12.7 Å². The largest absolute Gasteiger partial charge is 0.357 e. The Kier molecular flexibility index (Phi) is 3.78. The summed E-state index contributed by atoms with van der Waals surface area (Å²) < 4.78 is 34.5. The molecule has 0 saturated carbocycles. The third-order valence-corrected chi connectivity index (χ3v) is 3.81. The van der Waals surface area contributed by atoms with E-state index in [9.17, 15) is 0 Å². The molecule has 3 saturated heterocycles. The van der Waals surface area contributed by atoms with Gasteiger partial charge in [-0.25, -0.2) is 0 Å². The van der Waals surface area contributed by atoms with E-state index in [0.29, 0.717) is 6.61 Å². The van der Waals surface area contributed by atoms with Gasteiger partial charge in [-0.2, -0.15) is 0 Å². The van der Waals surface area contributed by atoms with Gasteiger partial charge in [0, 0.05) is 0 Å². The van der Waals surface area contributed by atoms with Crippen molar-refractivity contribution in [1.29, 1.82) is 0 Å². The lowest BCUT2D eigenvalue weighted by Gasteiger charge is -2.28. The molecular weight excluding hydrogens is 288 g/mol. The van der Waals surface area contributed by atoms with Crippen LogP contribution in [0.2, 0.25) is 0 Å². The van der Waals surface area contributed by atoms with Crippen molar-refractivity contribution in [3.05, 3.63) is 0 Å². The van der Waals surface area contributed by atoms with Crippen molar-refractivity contribution in [3.63, 3.8) is 0 Å². The molecule has 3 rings (SSSR count). The summed E-state index contributed by atoms with van der Waals surface area (Å²) in [6.45, 7) is 7.88. The maximum atomic E-state index is 5.93. The Labute approximate surface area is 123 Å². The molecular formula is C13H21ClO6. The molecule has 0 unspecified atom stereocenters. The van der Waals surface area contributed by atoms with Crippen LogP contribution in [0.1, 0.15) is 27.7 Å². The van der Waals surface area contributed by atoms with E-state index in [0.717, 1.165) is 0 Å². The molecule has 3 aliphatic heterocycles. The minimum absolute atomic E-state index is 0.0640. The fourth-order valence-electron chi connectivity index (χ4n) is 2.94. The lowest BCUT2D eigenvalue weighted by molar-refractivity contribution is -0.234. The van der Waals surface area contributed by atoms with E-state index in [1.807, 2.05) is 27.7 Å². The Morgan fingerprint density at radius 2 is 1.80 bits per heavy atom. The van der Waals surface area contributed by atoms with E-state index >= 15 is 0 Å². The van der Waals surface area contributed by atoms with Gasteiger partial charge in [0.1, 0.15) is 30.5 Å². The molecule has 0 bridgehead atoms. The van der Waals surface area contributed by atoms with Crippen LogP contribution in [0.3, 0.4) is 0 Å². The summed E-state index contributed by atoms with van der Waals surface area (Å²) in [5.41, 5.74) is 0. The maximum Gasteiger partial charge on any atom is 0.190 e. The van der Waals surface area contributed by atoms with Gasteiger partial charge in [0.05, 0.1) is 6.61 Å². The minimum Gasteiger partial charge on any atom is -0.357 e. The monoisotopic (exact) mass is 308 g/mol. The number of halogens is 1. The van der Waals surface area contributed by atoms with Crippen LogP contribution in [0.5, 0.6) is 0 Å². The molecule has 0 amide bonds. The first-order valence-corrected chi connectivity index (χ1v) is 7.35. The second-order valence-electron chi connectivity index (χ2n) is 6.18. The maximum absolute atomic E-state index is 5.93. The van der Waals surface area contributed by atoms with E-state index in [1.54, 1.807) is 0 Å². The van der Waals surface area contributed by atoms with E-state index in [-0.39, 0.29) is 30.5 Å². The average molecular weight is 309 g/mol. The smallest absolute Gasteiger partial charge is 0.190 e. The second-order valence-corrected chi connectivity index (χ2v) is 6.39. The van der Waals surface area contributed by atoms with Crippen LogP contribution < -0.4 is 0 Å². The van der Waals surface area contributed by atoms with Crippen molar-refractivity contribution < 1.29 is 28.4 Å². The normalized spacial score (nSPS) is 45.8. The molecule has 116 valence electrons. The van der Waals surface area contributed by atoms with Gasteiger partial charge in [-0.15, -0.1) is 0 Å². The highest BCUT2D eigenvalue weighted by molar-refractivity contribution is 6.17. The van der Waals surface area contributed by atoms with Gasteiger partial charge >= 0.3 is 0 Å². The molecule has 0 N–H and O–H groups in total. The zero-order valence-electron chi connectivity index (χ0n) is 12.1. The summed E-state index contributed by atoms with van der Waals surface area (Å²) in [6, 6.07) is 0.0640. The van der Waals surface area contributed by atoms with Crippen molar-refractivity contribution in [3.8, 4) is 0 Å². The predicted octanol–water partition coefficient (Wildman–Crippen LogP) is 1.60. The summed E-state index contributed by atoms with van der Waals surface area (Å²) in [6.07, 6.45) is -1.64. The lowest BCUT2D eigenvalue weighted by Crippen LogP contribution is -2.44. The molecule has 3 fully saturated rings. The quantitative estimate of drug-likeness (QED) is 0.738. The van der Waals surface area contributed by atoms with Crippen LogP contribution in [-0.2, 0) is 28.4 Å². The van der Waals surface area contributed by atoms with Crippen molar-refractivity contribution in [2.24, 2.45) is 0 Å². The average Bonchev–Trinajstić information content (AvgIpc) is 2.91. The Morgan fingerprint density at radius 1 is 1.05 bits per heavy atom. The zero-order chi connectivity index (χ0) is 14.5. The first kappa shape index (κ1) is 15.0. The van der Waals surface area contributed by atoms with Crippen molar-refractivity contribution in [2.45, 2.75) is 70.0 Å². The molecule has 0 aromatic heterocycles. The summed E-state index contributed by atoms with van der Waals surface area (Å²) in [5.74, 6) is -1.29. The number of hydrogen-bond donors (Lipinski definition) is 0. The molecule has 6 nitrogen and oxygen atoms in total. The molecule has 0 spiro atoms. The Balaban J connectivity index is 1.73. The summed E-state index contributed by atoms with van der Waals surface area (Å²) in [4.78, 5) is 0. The van der Waals surface area contributed by atoms with Gasteiger partial charge in [-0.1, -0.05) is 11.6 Å². The topological polar surface area (TPSA) is 55.4 Å². The van der Waals surface area contributed by atoms with Crippen molar-refractivity contribution >= 4 is 11.6 Å². The van der Waals surface area contributed by atoms with Gasteiger partial charge in [0.15, 0.2) is 17.9 Å². The summed E-state index contributed by atoms with van der Waals surface area (Å²) in [7, 11) is 0. The van der Waals surface area contributed by atoms with Crippen LogP contribution in [0.15, 0.2) is 0 Å². The minimum atomic E-state index is -0.680. The first-order valence-electron chi connectivity index (χ1n) is 6.82. The van der Waals surface area contributed by atoms with Crippen LogP contribution in [0.4, 0.5) is 0 Å². The summed E-state index contributed by atoms with van der Waals surface area (Å²) in [5, 5.41) is 0. The van der Waals surface area contributed by atoms with Crippen LogP contribution in [-0.4, -0.2) is 55.0 Å². The molecule has 3 heterocycles. The standard InChI is InChI=1S/C13H21ClO6/c1-12(2)16-5-7(18-12)8-9(15-6-14)10-11(17-8)20-13(3,4)19-10/h7-11H,5-6H2,1-4H3/t7-,8-,9+,10-,11-/m1/s1. The molecule has 5 atom stereocenters. The van der Waals surface area contributed by atoms with Gasteiger partial charge < -0.3 is 28.4 Å². The van der Waals surface area contributed by atoms with Gasteiger partial charge in [0.2, 0.25) is 0 Å². The van der Waals surface area contributed by atoms with Crippen LogP contribution >= 0.6 is 11.6 Å². The van der Waals surface area contributed by atoms with Crippen molar-refractivity contribution in [1.82, 2.24) is 0 Å². The molecule has 0 radical (unpaired) electrons. The second kappa shape index (κ2) is 5.05. The Bertz CT molecular complexity index is 374. The first-order chi connectivity index (χ1) is 9.31. The highest BCUT2D eigenvalue weighted by Gasteiger charge is 2.58. The van der Waals surface area contributed by atoms with Crippen LogP contribution in [0.25, 0.3) is 0 Å². The van der Waals surface area contributed by atoms with E-state index < -0.39 is 17.9 Å². The van der Waals surface area contributed by atoms with Gasteiger partial charge in [-0.3, -0.25) is 0 Å². The molecule has 20 heavy (non-hydrogen) atoms. The lowest BCUT2D eigenvalue weighted by atomic mass is 10.1. The predicted molar refractivity (Wildman–Crippen MR) is 69.2 cm³/mol. The number of alkyl halides is 1. The van der Waals surface area contributed by atoms with E-state index in [1.165, 1.54) is 0 Å². The molecule has 0 aromatic carbocycles. The molecule has 3 aliphatic rings. The third kappa shape index (κ3) is 2.70. The number of hydrogen-bond acceptors (Lipinski definition) is 6. The number of ether oxygens (including phenoxy) is 6. The SMILES string of the molecule is CC1(C)O[C@H]2O[C@H]([C@H]3COC(C)(C)O3)[C@H](OCCl)[C@H]2O1. The Morgan fingerprint density at radius 3 is 2.40 bits per heavy atom. The van der Waals surface area contributed by atoms with Gasteiger partial charge in [0.25, 0.3) is 0 Å². The number of fused-ring (bicyclic) bond motifs is 1. The third-order valence-electron chi connectivity index (χ3n) is 3.68. The molecule has 0 aliphatic carbocycles. The van der Waals surface area contributed by atoms with Crippen LogP contribution in [0, 0.1) is 0 Å². The fraction of sp³-hybridized carbons (Fsp3) is 1.00. The molecule has 7 heteroatoms. The van der Waals surface area contributed by atoms with E-state index in [4.69, 9.17) is 40.0 Å². The molecule has 0 aromatic rings. The zero-order valence-corrected chi connectivity index (χ0v) is 12.9. The highest BCUT2D eigenvalue weighted by atomic mass is 35.5.